The summed E-state index contributed by atoms with van der Waals surface area (Å²) >= 11 is 5.32. The van der Waals surface area contributed by atoms with Crippen LogP contribution in [0.15, 0.2) is 60.7 Å². The van der Waals surface area contributed by atoms with E-state index in [9.17, 15) is 0 Å². The Labute approximate surface area is 129 Å². The molecule has 0 saturated heterocycles. The maximum absolute atomic E-state index is 5.32. The van der Waals surface area contributed by atoms with Gasteiger partial charge in [-0.25, -0.2) is 0 Å². The minimum Gasteiger partial charge on any atom is -0.497 e. The largest absolute Gasteiger partial charge is 0.497 e. The first-order valence-corrected chi connectivity index (χ1v) is 7.16. The number of rotatable bonds is 3. The summed E-state index contributed by atoms with van der Waals surface area (Å²) in [4.78, 5) is 0. The smallest absolute Gasteiger partial charge is 0.171 e. The first-order chi connectivity index (χ1) is 10.3. The molecule has 4 heteroatoms. The predicted molar refractivity (Wildman–Crippen MR) is 89.0 cm³/mol. The van der Waals surface area contributed by atoms with Gasteiger partial charge in [-0.1, -0.05) is 42.5 Å². The molecule has 0 fully saturated rings. The molecule has 2 N–H and O–H groups in total. The van der Waals surface area contributed by atoms with E-state index in [4.69, 9.17) is 17.0 Å². The number of benzene rings is 2. The molecule has 0 radical (unpaired) electrons. The van der Waals surface area contributed by atoms with Crippen LogP contribution in [0.3, 0.4) is 0 Å². The van der Waals surface area contributed by atoms with Gasteiger partial charge in [0.15, 0.2) is 5.11 Å². The number of nitrogens with one attached hydrogen (secondary N) is 2. The summed E-state index contributed by atoms with van der Waals surface area (Å²) in [6.45, 7) is 0. The number of methoxy groups -OCH3 is 1. The van der Waals surface area contributed by atoms with Crippen molar-refractivity contribution in [3.05, 3.63) is 71.8 Å². The second-order valence-corrected chi connectivity index (χ2v) is 5.20. The van der Waals surface area contributed by atoms with E-state index in [1.807, 2.05) is 42.5 Å². The van der Waals surface area contributed by atoms with Gasteiger partial charge in [0, 0.05) is 5.70 Å². The van der Waals surface area contributed by atoms with Gasteiger partial charge in [0.1, 0.15) is 5.75 Å². The van der Waals surface area contributed by atoms with E-state index in [0.29, 0.717) is 5.11 Å². The lowest BCUT2D eigenvalue weighted by atomic mass is 10.0. The Morgan fingerprint density at radius 3 is 2.38 bits per heavy atom. The lowest BCUT2D eigenvalue weighted by Gasteiger charge is -2.26. The van der Waals surface area contributed by atoms with E-state index in [0.717, 1.165) is 22.6 Å². The zero-order valence-corrected chi connectivity index (χ0v) is 12.5. The van der Waals surface area contributed by atoms with Crippen molar-refractivity contribution >= 4 is 23.0 Å². The van der Waals surface area contributed by atoms with E-state index in [-0.39, 0.29) is 6.04 Å². The van der Waals surface area contributed by atoms with E-state index >= 15 is 0 Å². The Kier molecular flexibility index (Phi) is 3.88. The quantitative estimate of drug-likeness (QED) is 0.852. The van der Waals surface area contributed by atoms with Gasteiger partial charge >= 0.3 is 0 Å². The molecule has 0 bridgehead atoms. The van der Waals surface area contributed by atoms with Crippen molar-refractivity contribution in [2.45, 2.75) is 6.04 Å². The fraction of sp³-hybridized carbons (Fsp3) is 0.118. The van der Waals surface area contributed by atoms with Crippen molar-refractivity contribution in [2.75, 3.05) is 7.11 Å². The highest BCUT2D eigenvalue weighted by Gasteiger charge is 2.18. The monoisotopic (exact) mass is 296 g/mol. The average Bonchev–Trinajstić information content (AvgIpc) is 2.55. The lowest BCUT2D eigenvalue weighted by molar-refractivity contribution is 0.414. The van der Waals surface area contributed by atoms with Crippen molar-refractivity contribution in [3.8, 4) is 5.75 Å². The molecule has 2 aromatic rings. The maximum atomic E-state index is 5.32. The van der Waals surface area contributed by atoms with Crippen LogP contribution in [-0.2, 0) is 0 Å². The molecular weight excluding hydrogens is 280 g/mol. The predicted octanol–water partition coefficient (Wildman–Crippen LogP) is 3.26. The molecule has 1 aliphatic rings. The molecule has 1 aliphatic heterocycles. The second kappa shape index (κ2) is 5.97. The molecule has 3 nitrogen and oxygen atoms in total. The molecule has 0 saturated carbocycles. The van der Waals surface area contributed by atoms with Crippen LogP contribution in [0.4, 0.5) is 0 Å². The summed E-state index contributed by atoms with van der Waals surface area (Å²) in [5.41, 5.74) is 3.30. The number of thiocarbonyl (C=S) groups is 1. The molecule has 3 rings (SSSR count). The van der Waals surface area contributed by atoms with Gasteiger partial charge in [0.05, 0.1) is 13.2 Å². The Hall–Kier alpha value is -2.33. The van der Waals surface area contributed by atoms with Gasteiger partial charge in [0.2, 0.25) is 0 Å². The molecule has 0 aliphatic carbocycles. The number of hydrogen-bond acceptors (Lipinski definition) is 2. The Morgan fingerprint density at radius 1 is 1.00 bits per heavy atom. The normalized spacial score (nSPS) is 17.5. The van der Waals surface area contributed by atoms with Crippen molar-refractivity contribution in [1.82, 2.24) is 10.6 Å². The first-order valence-electron chi connectivity index (χ1n) is 6.75. The molecule has 21 heavy (non-hydrogen) atoms. The molecule has 2 aromatic carbocycles. The molecule has 1 atom stereocenters. The van der Waals surface area contributed by atoms with Crippen LogP contribution in [-0.4, -0.2) is 12.2 Å². The van der Waals surface area contributed by atoms with Crippen LogP contribution in [0.1, 0.15) is 17.2 Å². The molecule has 1 heterocycles. The van der Waals surface area contributed by atoms with Gasteiger partial charge in [-0.15, -0.1) is 0 Å². The van der Waals surface area contributed by atoms with Crippen LogP contribution < -0.4 is 15.4 Å². The third kappa shape index (κ3) is 3.06. The van der Waals surface area contributed by atoms with Crippen LogP contribution in [0.25, 0.3) is 5.70 Å². The molecule has 0 amide bonds. The number of ether oxygens (including phenoxy) is 1. The Balaban J connectivity index is 1.92. The standard InChI is InChI=1S/C17H16N2OS/c1-20-14-9-7-13(8-10-14)16-11-15(18-17(21)19-16)12-5-3-2-4-6-12/h2-11,16H,1H3,(H2,18,19,21). The van der Waals surface area contributed by atoms with Crippen LogP contribution in [0, 0.1) is 0 Å². The molecule has 0 spiro atoms. The van der Waals surface area contributed by atoms with Crippen LogP contribution >= 0.6 is 12.2 Å². The summed E-state index contributed by atoms with van der Waals surface area (Å²) in [6, 6.07) is 18.2. The summed E-state index contributed by atoms with van der Waals surface area (Å²) < 4.78 is 5.19. The fourth-order valence-corrected chi connectivity index (χ4v) is 2.56. The van der Waals surface area contributed by atoms with E-state index in [2.05, 4.69) is 28.8 Å². The molecule has 1 unspecified atom stereocenters. The SMILES string of the molecule is COc1ccc(C2C=C(c3ccccc3)NC(=S)N2)cc1. The highest BCUT2D eigenvalue weighted by Crippen LogP contribution is 2.24. The highest BCUT2D eigenvalue weighted by molar-refractivity contribution is 7.80. The van der Waals surface area contributed by atoms with Gasteiger partial charge in [-0.05, 0) is 41.6 Å². The maximum Gasteiger partial charge on any atom is 0.171 e. The average molecular weight is 296 g/mol. The lowest BCUT2D eigenvalue weighted by Crippen LogP contribution is -2.40. The van der Waals surface area contributed by atoms with Gasteiger partial charge in [-0.3, -0.25) is 0 Å². The van der Waals surface area contributed by atoms with Gasteiger partial charge in [-0.2, -0.15) is 0 Å². The fourth-order valence-electron chi connectivity index (χ4n) is 2.33. The topological polar surface area (TPSA) is 33.3 Å². The second-order valence-electron chi connectivity index (χ2n) is 4.80. The van der Waals surface area contributed by atoms with Crippen molar-refractivity contribution in [1.29, 1.82) is 0 Å². The van der Waals surface area contributed by atoms with E-state index in [1.54, 1.807) is 7.11 Å². The third-order valence-corrected chi connectivity index (χ3v) is 3.65. The Morgan fingerprint density at radius 2 is 1.71 bits per heavy atom. The van der Waals surface area contributed by atoms with Crippen molar-refractivity contribution < 1.29 is 4.74 Å². The minimum absolute atomic E-state index is 0.0554. The molecule has 106 valence electrons. The van der Waals surface area contributed by atoms with E-state index in [1.165, 1.54) is 0 Å². The highest BCUT2D eigenvalue weighted by atomic mass is 32.1. The number of hydrogen-bond donors (Lipinski definition) is 2. The first kappa shape index (κ1) is 13.6. The summed E-state index contributed by atoms with van der Waals surface area (Å²) in [5, 5.41) is 7.12. The molecule has 0 aromatic heterocycles. The summed E-state index contributed by atoms with van der Waals surface area (Å²) in [6.07, 6.45) is 2.15. The van der Waals surface area contributed by atoms with Crippen molar-refractivity contribution in [2.24, 2.45) is 0 Å². The van der Waals surface area contributed by atoms with Crippen molar-refractivity contribution in [3.63, 3.8) is 0 Å². The van der Waals surface area contributed by atoms with Gasteiger partial charge < -0.3 is 15.4 Å². The third-order valence-electron chi connectivity index (χ3n) is 3.43. The molecular formula is C17H16N2OS. The summed E-state index contributed by atoms with van der Waals surface area (Å²) in [5.74, 6) is 0.850. The summed E-state index contributed by atoms with van der Waals surface area (Å²) in [7, 11) is 1.67. The van der Waals surface area contributed by atoms with Gasteiger partial charge in [0.25, 0.3) is 0 Å². The Bertz CT molecular complexity index is 665. The minimum atomic E-state index is 0.0554. The van der Waals surface area contributed by atoms with Crippen LogP contribution in [0.5, 0.6) is 5.75 Å². The van der Waals surface area contributed by atoms with Crippen LogP contribution in [0.2, 0.25) is 0 Å². The van der Waals surface area contributed by atoms with E-state index < -0.39 is 0 Å². The zero-order chi connectivity index (χ0) is 14.7. The zero-order valence-electron chi connectivity index (χ0n) is 11.7.